The molecule has 1 amide bonds. The monoisotopic (exact) mass is 278 g/mol. The third-order valence-corrected chi connectivity index (χ3v) is 2.46. The first-order valence-electron chi connectivity index (χ1n) is 5.78. The molecular weight excluding hydrogens is 264 g/mol. The number of carbonyl (C=O) groups is 2. The molecule has 2 atom stereocenters. The summed E-state index contributed by atoms with van der Waals surface area (Å²) in [6, 6.07) is 6.71. The van der Waals surface area contributed by atoms with Crippen LogP contribution in [-0.4, -0.2) is 40.8 Å². The quantitative estimate of drug-likeness (QED) is 0.667. The molecule has 1 aromatic rings. The molecule has 0 bridgehead atoms. The maximum Gasteiger partial charge on any atom is 0.328 e. The van der Waals surface area contributed by atoms with E-state index in [0.717, 1.165) is 0 Å². The molecule has 0 saturated heterocycles. The summed E-state index contributed by atoms with van der Waals surface area (Å²) in [6.07, 6.45) is -0.934. The number of ether oxygens (including phenoxy) is 1. The average molecular weight is 278 g/mol. The largest absolute Gasteiger partial charge is 0.481 e. The fourth-order valence-electron chi connectivity index (χ4n) is 1.34. The number of amides is 1. The number of nitriles is 1. The third kappa shape index (κ3) is 4.26. The van der Waals surface area contributed by atoms with E-state index in [2.05, 4.69) is 5.32 Å². The standard InChI is InChI=1S/C13H14N2O5/c1-8(12(17)15-11(7-16)13(18)19)20-10-4-2-9(6-14)3-5-10/h2-5,8,11,16H,7H2,1H3,(H,15,17)(H,18,19). The lowest BCUT2D eigenvalue weighted by Crippen LogP contribution is -2.48. The van der Waals surface area contributed by atoms with Gasteiger partial charge in [0.1, 0.15) is 11.8 Å². The number of aliphatic hydroxyl groups is 1. The number of carbonyl (C=O) groups excluding carboxylic acids is 1. The van der Waals surface area contributed by atoms with Gasteiger partial charge in [0.05, 0.1) is 18.2 Å². The predicted molar refractivity (Wildman–Crippen MR) is 67.9 cm³/mol. The first-order valence-corrected chi connectivity index (χ1v) is 5.78. The Balaban J connectivity index is 2.61. The van der Waals surface area contributed by atoms with Crippen molar-refractivity contribution in [1.82, 2.24) is 5.32 Å². The second-order valence-corrected chi connectivity index (χ2v) is 3.98. The molecule has 2 unspecified atom stereocenters. The fourth-order valence-corrected chi connectivity index (χ4v) is 1.34. The van der Waals surface area contributed by atoms with Gasteiger partial charge in [0.25, 0.3) is 5.91 Å². The molecule has 0 aliphatic rings. The van der Waals surface area contributed by atoms with Crippen LogP contribution in [-0.2, 0) is 9.59 Å². The van der Waals surface area contributed by atoms with Gasteiger partial charge >= 0.3 is 5.97 Å². The lowest BCUT2D eigenvalue weighted by molar-refractivity contribution is -0.144. The van der Waals surface area contributed by atoms with Crippen LogP contribution in [0.2, 0.25) is 0 Å². The van der Waals surface area contributed by atoms with Gasteiger partial charge in [-0.1, -0.05) is 0 Å². The normalized spacial score (nSPS) is 12.8. The summed E-state index contributed by atoms with van der Waals surface area (Å²) < 4.78 is 5.30. The first kappa shape index (κ1) is 15.5. The molecule has 0 radical (unpaired) electrons. The van der Waals surface area contributed by atoms with Gasteiger partial charge in [0.2, 0.25) is 0 Å². The molecule has 3 N–H and O–H groups in total. The maximum absolute atomic E-state index is 11.7. The molecule has 0 spiro atoms. The minimum Gasteiger partial charge on any atom is -0.481 e. The van der Waals surface area contributed by atoms with E-state index in [4.69, 9.17) is 20.2 Å². The zero-order chi connectivity index (χ0) is 15.1. The highest BCUT2D eigenvalue weighted by molar-refractivity contribution is 5.86. The van der Waals surface area contributed by atoms with E-state index in [1.807, 2.05) is 6.07 Å². The SMILES string of the molecule is CC(Oc1ccc(C#N)cc1)C(=O)NC(CO)C(=O)O. The number of aliphatic hydroxyl groups excluding tert-OH is 1. The topological polar surface area (TPSA) is 120 Å². The van der Waals surface area contributed by atoms with Crippen LogP contribution < -0.4 is 10.1 Å². The highest BCUT2D eigenvalue weighted by atomic mass is 16.5. The van der Waals surface area contributed by atoms with E-state index in [-0.39, 0.29) is 0 Å². The molecule has 0 aromatic heterocycles. The molecular formula is C13H14N2O5. The van der Waals surface area contributed by atoms with Crippen LogP contribution in [0.1, 0.15) is 12.5 Å². The fraction of sp³-hybridized carbons (Fsp3) is 0.308. The van der Waals surface area contributed by atoms with Crippen LogP contribution in [0, 0.1) is 11.3 Å². The third-order valence-electron chi connectivity index (χ3n) is 2.46. The number of hydrogen-bond donors (Lipinski definition) is 3. The van der Waals surface area contributed by atoms with Gasteiger partial charge in [-0.25, -0.2) is 4.79 Å². The molecule has 20 heavy (non-hydrogen) atoms. The number of rotatable bonds is 6. The highest BCUT2D eigenvalue weighted by Crippen LogP contribution is 2.13. The summed E-state index contributed by atoms with van der Waals surface area (Å²) in [5.41, 5.74) is 0.459. The lowest BCUT2D eigenvalue weighted by Gasteiger charge is -2.17. The van der Waals surface area contributed by atoms with Crippen molar-refractivity contribution in [3.63, 3.8) is 0 Å². The molecule has 0 fully saturated rings. The molecule has 0 aliphatic heterocycles. The highest BCUT2D eigenvalue weighted by Gasteiger charge is 2.23. The van der Waals surface area contributed by atoms with Crippen LogP contribution in [0.3, 0.4) is 0 Å². The molecule has 7 nitrogen and oxygen atoms in total. The van der Waals surface area contributed by atoms with Crippen LogP contribution in [0.5, 0.6) is 5.75 Å². The van der Waals surface area contributed by atoms with Gasteiger partial charge < -0.3 is 20.3 Å². The second kappa shape index (κ2) is 7.11. The summed E-state index contributed by atoms with van der Waals surface area (Å²) in [6.45, 7) is 0.745. The smallest absolute Gasteiger partial charge is 0.328 e. The van der Waals surface area contributed by atoms with E-state index in [0.29, 0.717) is 11.3 Å². The predicted octanol–water partition coefficient (Wildman–Crippen LogP) is -0.113. The van der Waals surface area contributed by atoms with Crippen molar-refractivity contribution in [1.29, 1.82) is 5.26 Å². The zero-order valence-electron chi connectivity index (χ0n) is 10.7. The molecule has 0 aliphatic carbocycles. The number of nitrogens with one attached hydrogen (secondary N) is 1. The molecule has 106 valence electrons. The van der Waals surface area contributed by atoms with Crippen molar-refractivity contribution in [2.45, 2.75) is 19.1 Å². The van der Waals surface area contributed by atoms with Crippen molar-refractivity contribution in [2.75, 3.05) is 6.61 Å². The minimum atomic E-state index is -1.37. The van der Waals surface area contributed by atoms with Crippen molar-refractivity contribution < 1.29 is 24.5 Å². The summed E-state index contributed by atoms with van der Waals surface area (Å²) in [5, 5.41) is 28.3. The van der Waals surface area contributed by atoms with Gasteiger partial charge in [-0.2, -0.15) is 5.26 Å². The van der Waals surface area contributed by atoms with E-state index >= 15 is 0 Å². The summed E-state index contributed by atoms with van der Waals surface area (Å²) in [4.78, 5) is 22.4. The first-order chi connectivity index (χ1) is 9.47. The van der Waals surface area contributed by atoms with Gasteiger partial charge in [-0.05, 0) is 31.2 Å². The summed E-state index contributed by atoms with van der Waals surface area (Å²) >= 11 is 0. The Morgan fingerprint density at radius 2 is 2.00 bits per heavy atom. The maximum atomic E-state index is 11.7. The van der Waals surface area contributed by atoms with E-state index in [9.17, 15) is 9.59 Å². The van der Waals surface area contributed by atoms with Gasteiger partial charge in [-0.15, -0.1) is 0 Å². The number of carboxylic acids is 1. The number of hydrogen-bond acceptors (Lipinski definition) is 5. The average Bonchev–Trinajstić information content (AvgIpc) is 2.44. The van der Waals surface area contributed by atoms with E-state index < -0.39 is 30.6 Å². The van der Waals surface area contributed by atoms with Gasteiger partial charge in [0, 0.05) is 0 Å². The van der Waals surface area contributed by atoms with Crippen LogP contribution in [0.4, 0.5) is 0 Å². The number of aliphatic carboxylic acids is 1. The zero-order valence-corrected chi connectivity index (χ0v) is 10.7. The molecule has 1 aromatic carbocycles. The summed E-state index contributed by atoms with van der Waals surface area (Å²) in [7, 11) is 0. The number of benzene rings is 1. The Hall–Kier alpha value is -2.59. The van der Waals surface area contributed by atoms with Crippen molar-refractivity contribution >= 4 is 11.9 Å². The molecule has 0 saturated carbocycles. The Morgan fingerprint density at radius 1 is 1.40 bits per heavy atom. The van der Waals surface area contributed by atoms with Crippen LogP contribution in [0.15, 0.2) is 24.3 Å². The number of carboxylic acid groups (broad SMARTS) is 1. The summed E-state index contributed by atoms with van der Waals surface area (Å²) in [5.74, 6) is -1.61. The Bertz CT molecular complexity index is 521. The van der Waals surface area contributed by atoms with Gasteiger partial charge in [0.15, 0.2) is 6.10 Å². The van der Waals surface area contributed by atoms with E-state index in [1.54, 1.807) is 0 Å². The molecule has 7 heteroatoms. The molecule has 0 heterocycles. The van der Waals surface area contributed by atoms with E-state index in [1.165, 1.54) is 31.2 Å². The lowest BCUT2D eigenvalue weighted by atomic mass is 10.2. The minimum absolute atomic E-state index is 0.377. The number of nitrogens with zero attached hydrogens (tertiary/aromatic N) is 1. The van der Waals surface area contributed by atoms with Crippen LogP contribution in [0.25, 0.3) is 0 Å². The van der Waals surface area contributed by atoms with Crippen LogP contribution >= 0.6 is 0 Å². The Morgan fingerprint density at radius 3 is 2.45 bits per heavy atom. The molecule has 1 rings (SSSR count). The van der Waals surface area contributed by atoms with Gasteiger partial charge in [-0.3, -0.25) is 4.79 Å². The van der Waals surface area contributed by atoms with Crippen molar-refractivity contribution in [2.24, 2.45) is 0 Å². The second-order valence-electron chi connectivity index (χ2n) is 3.98. The Kier molecular flexibility index (Phi) is 5.50. The van der Waals surface area contributed by atoms with Crippen molar-refractivity contribution in [3.05, 3.63) is 29.8 Å². The van der Waals surface area contributed by atoms with Crippen molar-refractivity contribution in [3.8, 4) is 11.8 Å². The Labute approximate surface area is 115 Å².